The molecule has 0 spiro atoms. The van der Waals surface area contributed by atoms with Crippen LogP contribution in [0.2, 0.25) is 0 Å². The van der Waals surface area contributed by atoms with Crippen LogP contribution in [-0.2, 0) is 9.59 Å². The molecule has 0 saturated heterocycles. The number of carboxylic acid groups (broad SMARTS) is 1. The summed E-state index contributed by atoms with van der Waals surface area (Å²) in [6.45, 7) is 0. The lowest BCUT2D eigenvalue weighted by Gasteiger charge is -2.08. The first-order valence-corrected chi connectivity index (χ1v) is 9.57. The van der Waals surface area contributed by atoms with Crippen molar-refractivity contribution >= 4 is 28.2 Å². The van der Waals surface area contributed by atoms with Crippen molar-refractivity contribution in [3.8, 4) is 16.9 Å². The van der Waals surface area contributed by atoms with Crippen molar-refractivity contribution in [1.82, 2.24) is 0 Å². The number of rotatable bonds is 10. The molecule has 1 aromatic heterocycles. The fourth-order valence-corrected chi connectivity index (χ4v) is 3.34. The Morgan fingerprint density at radius 2 is 1.64 bits per heavy atom. The van der Waals surface area contributed by atoms with Gasteiger partial charge in [0.2, 0.25) is 5.91 Å². The Labute approximate surface area is 164 Å². The smallest absolute Gasteiger partial charge is 0.481 e. The zero-order chi connectivity index (χ0) is 20.6. The number of halogens is 3. The van der Waals surface area contributed by atoms with Gasteiger partial charge in [0.15, 0.2) is 0 Å². The number of amides is 1. The first kappa shape index (κ1) is 21.7. The molecule has 0 bridgehead atoms. The summed E-state index contributed by atoms with van der Waals surface area (Å²) in [5.41, 5.74) is 1.50. The number of carbonyl (C=O) groups excluding carboxylic acids is 1. The Morgan fingerprint density at radius 3 is 2.25 bits per heavy atom. The Morgan fingerprint density at radius 1 is 1.00 bits per heavy atom. The molecule has 28 heavy (non-hydrogen) atoms. The van der Waals surface area contributed by atoms with Crippen LogP contribution in [0.1, 0.15) is 38.5 Å². The van der Waals surface area contributed by atoms with E-state index in [0.29, 0.717) is 29.8 Å². The Bertz CT molecular complexity index is 787. The predicted octanol–water partition coefficient (Wildman–Crippen LogP) is 5.68. The van der Waals surface area contributed by atoms with Gasteiger partial charge in [0, 0.05) is 18.2 Å². The van der Waals surface area contributed by atoms with Crippen molar-refractivity contribution in [2.45, 2.75) is 44.9 Å². The fraction of sp³-hybridized carbons (Fsp3) is 0.368. The fourth-order valence-electron chi connectivity index (χ4n) is 2.52. The maximum Gasteiger partial charge on any atom is 0.573 e. The van der Waals surface area contributed by atoms with E-state index in [0.717, 1.165) is 18.4 Å². The lowest BCUT2D eigenvalue weighted by molar-refractivity contribution is -0.274. The molecule has 0 radical (unpaired) electrons. The van der Waals surface area contributed by atoms with Gasteiger partial charge in [-0.1, -0.05) is 25.0 Å². The third-order valence-electron chi connectivity index (χ3n) is 3.83. The summed E-state index contributed by atoms with van der Waals surface area (Å²) in [4.78, 5) is 22.4. The van der Waals surface area contributed by atoms with Crippen LogP contribution in [0.4, 0.5) is 18.2 Å². The number of thiophene rings is 1. The van der Waals surface area contributed by atoms with Crippen molar-refractivity contribution in [3.05, 3.63) is 35.7 Å². The molecule has 9 heteroatoms. The summed E-state index contributed by atoms with van der Waals surface area (Å²) in [6.07, 6.45) is -1.36. The Hall–Kier alpha value is -2.55. The first-order chi connectivity index (χ1) is 13.2. The SMILES string of the molecule is O=C(O)CCCCCCC(=O)Nc1cc(-c2ccc(OC(F)(F)F)cc2)cs1. The number of hydrogen-bond acceptors (Lipinski definition) is 4. The highest BCUT2D eigenvalue weighted by Gasteiger charge is 2.30. The molecule has 0 fully saturated rings. The van der Waals surface area contributed by atoms with Crippen LogP contribution in [0.3, 0.4) is 0 Å². The zero-order valence-electron chi connectivity index (χ0n) is 14.9. The van der Waals surface area contributed by atoms with Gasteiger partial charge >= 0.3 is 12.3 Å². The minimum Gasteiger partial charge on any atom is -0.481 e. The molecule has 2 N–H and O–H groups in total. The van der Waals surface area contributed by atoms with Crippen LogP contribution in [-0.4, -0.2) is 23.3 Å². The van der Waals surface area contributed by atoms with Gasteiger partial charge in [-0.3, -0.25) is 9.59 Å². The number of ether oxygens (including phenoxy) is 1. The zero-order valence-corrected chi connectivity index (χ0v) is 15.7. The van der Waals surface area contributed by atoms with Crippen LogP contribution >= 0.6 is 11.3 Å². The van der Waals surface area contributed by atoms with Gasteiger partial charge in [-0.2, -0.15) is 0 Å². The molecule has 1 aromatic carbocycles. The maximum atomic E-state index is 12.2. The molecule has 0 aliphatic rings. The van der Waals surface area contributed by atoms with Gasteiger partial charge < -0.3 is 15.2 Å². The highest BCUT2D eigenvalue weighted by Crippen LogP contribution is 2.31. The molecule has 0 aliphatic heterocycles. The molecule has 152 valence electrons. The number of alkyl halides is 3. The number of aliphatic carboxylic acids is 1. The van der Waals surface area contributed by atoms with Gasteiger partial charge in [-0.05, 0) is 42.2 Å². The van der Waals surface area contributed by atoms with Crippen molar-refractivity contribution in [3.63, 3.8) is 0 Å². The average molecular weight is 415 g/mol. The van der Waals surface area contributed by atoms with Crippen LogP contribution < -0.4 is 10.1 Å². The average Bonchev–Trinajstić information content (AvgIpc) is 3.05. The number of carboxylic acids is 1. The third kappa shape index (κ3) is 7.99. The third-order valence-corrected chi connectivity index (χ3v) is 4.67. The number of unbranched alkanes of at least 4 members (excludes halogenated alkanes) is 3. The van der Waals surface area contributed by atoms with Gasteiger partial charge in [0.1, 0.15) is 5.75 Å². The summed E-state index contributed by atoms with van der Waals surface area (Å²) < 4.78 is 40.4. The number of benzene rings is 1. The van der Waals surface area contributed by atoms with Gasteiger partial charge in [0.25, 0.3) is 0 Å². The maximum absolute atomic E-state index is 12.2. The second-order valence-electron chi connectivity index (χ2n) is 6.13. The van der Waals surface area contributed by atoms with Crippen molar-refractivity contribution in [2.75, 3.05) is 5.32 Å². The van der Waals surface area contributed by atoms with E-state index < -0.39 is 12.3 Å². The van der Waals surface area contributed by atoms with E-state index in [-0.39, 0.29) is 18.1 Å². The number of hydrogen-bond donors (Lipinski definition) is 2. The standard InChI is InChI=1S/C19H20F3NO4S/c20-19(21,22)27-15-9-7-13(8-10-15)14-11-17(28-12-14)23-16(24)5-3-1-2-4-6-18(25)26/h7-12H,1-6H2,(H,23,24)(H,25,26). The Balaban J connectivity index is 1.78. The largest absolute Gasteiger partial charge is 0.573 e. The highest BCUT2D eigenvalue weighted by molar-refractivity contribution is 7.14. The monoisotopic (exact) mass is 415 g/mol. The van der Waals surface area contributed by atoms with E-state index in [4.69, 9.17) is 5.11 Å². The minimum atomic E-state index is -4.72. The summed E-state index contributed by atoms with van der Waals surface area (Å²) in [7, 11) is 0. The van der Waals surface area contributed by atoms with E-state index in [2.05, 4.69) is 10.1 Å². The number of anilines is 1. The van der Waals surface area contributed by atoms with E-state index in [1.54, 1.807) is 11.4 Å². The topological polar surface area (TPSA) is 75.6 Å². The first-order valence-electron chi connectivity index (χ1n) is 8.69. The highest BCUT2D eigenvalue weighted by atomic mass is 32.1. The van der Waals surface area contributed by atoms with Crippen LogP contribution in [0.15, 0.2) is 35.7 Å². The van der Waals surface area contributed by atoms with Gasteiger partial charge in [-0.15, -0.1) is 24.5 Å². The molecule has 1 amide bonds. The molecule has 2 rings (SSSR count). The predicted molar refractivity (Wildman–Crippen MR) is 100 cm³/mol. The molecule has 0 unspecified atom stereocenters. The normalized spacial score (nSPS) is 11.2. The molecule has 5 nitrogen and oxygen atoms in total. The molecule has 0 aliphatic carbocycles. The summed E-state index contributed by atoms with van der Waals surface area (Å²) >= 11 is 1.33. The lowest BCUT2D eigenvalue weighted by Crippen LogP contribution is -2.16. The summed E-state index contributed by atoms with van der Waals surface area (Å²) in [5.74, 6) is -1.22. The minimum absolute atomic E-state index is 0.124. The van der Waals surface area contributed by atoms with Crippen molar-refractivity contribution in [2.24, 2.45) is 0 Å². The lowest BCUT2D eigenvalue weighted by atomic mass is 10.1. The van der Waals surface area contributed by atoms with E-state index in [1.807, 2.05) is 0 Å². The second kappa shape index (κ2) is 10.1. The molecular formula is C19H20F3NO4S. The summed E-state index contributed by atoms with van der Waals surface area (Å²) in [6, 6.07) is 7.28. The van der Waals surface area contributed by atoms with Gasteiger partial charge in [0.05, 0.1) is 5.00 Å². The molecule has 2 aromatic rings. The molecule has 0 atom stereocenters. The van der Waals surface area contributed by atoms with E-state index in [9.17, 15) is 22.8 Å². The van der Waals surface area contributed by atoms with Crippen LogP contribution in [0.5, 0.6) is 5.75 Å². The quantitative estimate of drug-likeness (QED) is 0.490. The van der Waals surface area contributed by atoms with Crippen LogP contribution in [0, 0.1) is 0 Å². The van der Waals surface area contributed by atoms with E-state index >= 15 is 0 Å². The van der Waals surface area contributed by atoms with E-state index in [1.165, 1.54) is 35.6 Å². The van der Waals surface area contributed by atoms with Gasteiger partial charge in [-0.25, -0.2) is 0 Å². The summed E-state index contributed by atoms with van der Waals surface area (Å²) in [5, 5.41) is 13.8. The molecule has 0 saturated carbocycles. The molecule has 1 heterocycles. The van der Waals surface area contributed by atoms with Crippen molar-refractivity contribution in [1.29, 1.82) is 0 Å². The van der Waals surface area contributed by atoms with Crippen LogP contribution in [0.25, 0.3) is 11.1 Å². The second-order valence-corrected chi connectivity index (χ2v) is 7.04. The van der Waals surface area contributed by atoms with Crippen molar-refractivity contribution < 1.29 is 32.6 Å². The Kier molecular flexibility index (Phi) is 7.86. The number of nitrogens with one attached hydrogen (secondary N) is 1. The molecular weight excluding hydrogens is 395 g/mol. The number of carbonyl (C=O) groups is 2.